The molecule has 15 aromatic carbocycles. The second-order valence-corrected chi connectivity index (χ2v) is 28.9. The second kappa shape index (κ2) is 22.3. The Bertz CT molecular complexity index is 6160. The van der Waals surface area contributed by atoms with Gasteiger partial charge in [-0.2, -0.15) is 0 Å². The van der Waals surface area contributed by atoms with E-state index in [9.17, 15) is 0 Å². The average molecular weight is 1290 g/mol. The van der Waals surface area contributed by atoms with E-state index in [0.717, 1.165) is 28.3 Å². The molecule has 17 aromatic rings. The second-order valence-electron chi connectivity index (χ2n) is 28.9. The molecule has 0 atom stereocenters. The Morgan fingerprint density at radius 3 is 0.891 bits per heavy atom. The highest BCUT2D eigenvalue weighted by atomic mass is 14.8. The predicted molar refractivity (Wildman–Crippen MR) is 425 cm³/mol. The molecule has 0 N–H and O–H groups in total. The summed E-state index contributed by atoms with van der Waals surface area (Å²) in [4.78, 5) is 10.6. The third-order valence-corrected chi connectivity index (χ3v) is 22.6. The van der Waals surface area contributed by atoms with Crippen LogP contribution >= 0.6 is 0 Å². The van der Waals surface area contributed by atoms with E-state index in [-0.39, 0.29) is 10.8 Å². The fraction of sp³-hybridized carbons (Fsp3) is 0.0707. The molecule has 4 aliphatic rings. The maximum absolute atomic E-state index is 5.43. The third-order valence-electron chi connectivity index (χ3n) is 22.6. The van der Waals surface area contributed by atoms with Gasteiger partial charge in [0.2, 0.25) is 0 Å². The van der Waals surface area contributed by atoms with E-state index in [0.29, 0.717) is 0 Å². The van der Waals surface area contributed by atoms with Crippen LogP contribution in [-0.2, 0) is 10.8 Å². The van der Waals surface area contributed by atoms with Crippen molar-refractivity contribution in [2.24, 2.45) is 0 Å². The first-order chi connectivity index (χ1) is 49.6. The highest BCUT2D eigenvalue weighted by molar-refractivity contribution is 6.31. The zero-order valence-electron chi connectivity index (χ0n) is 57.0. The average Bonchev–Trinajstić information content (AvgIpc) is 1.55. The molecular weight excluding hydrogens is 1220 g/mol. The van der Waals surface area contributed by atoms with Crippen LogP contribution in [0.25, 0.3) is 188 Å². The zero-order valence-corrected chi connectivity index (χ0v) is 57.0. The van der Waals surface area contributed by atoms with Gasteiger partial charge in [0.15, 0.2) is 0 Å². The SMILES string of the molecule is CC1(C)c2ccccc2-c2nc(-c3ccccc3)cc(-c3ccc4c5c(cccc35)-c3c-4c(-c4ccccc4)c4ccccc4c3-c3ccccc3)c21.Cc1cc(-c2ccc3c4c(cccc24)-c2c-3c(-c3ccccc3)c3ccccc3c2-c2ccccc2)c2c(n1)-c1ccccc1C2(C)C. The number of hydrogen-bond donors (Lipinski definition) is 0. The molecule has 2 heteroatoms. The summed E-state index contributed by atoms with van der Waals surface area (Å²) in [6.45, 7) is 11.6. The number of benzene rings is 15. The number of pyridine rings is 2. The van der Waals surface area contributed by atoms with Crippen molar-refractivity contribution < 1.29 is 0 Å². The van der Waals surface area contributed by atoms with E-state index in [4.69, 9.17) is 9.97 Å². The van der Waals surface area contributed by atoms with Gasteiger partial charge in [-0.1, -0.05) is 337 Å². The highest BCUT2D eigenvalue weighted by Gasteiger charge is 2.42. The minimum Gasteiger partial charge on any atom is -0.253 e. The van der Waals surface area contributed by atoms with Crippen LogP contribution in [0.3, 0.4) is 0 Å². The molecule has 21 rings (SSSR count). The van der Waals surface area contributed by atoms with E-state index in [1.165, 1.54) is 188 Å². The standard InChI is InChI=1S/C52H35N.C47H33N/c1-52(2)43-28-15-14-25-39(43)51-50(52)42(31-44(53-51)32-17-6-3-7-18-32)35-29-30-41-47-36(35)26-16-27-40(47)48-45(33-19-8-4-9-20-33)37-23-12-13-24-38(37)46(49(41)48)34-21-10-5-11-22-34;1-28-27-38(45-46(48-28)35-21-12-13-24-39(35)47(45,2)3)31-25-26-37-42-32(31)22-14-23-36(42)43-40(29-15-6-4-7-16-29)33-19-10-11-20-34(33)41(44(37)43)30-17-8-5-9-18-30/h3-31H,1-2H3;4-27H,1-3H3. The number of nitrogens with zero attached hydrogens (tertiary/aromatic N) is 2. The van der Waals surface area contributed by atoms with E-state index >= 15 is 0 Å². The summed E-state index contributed by atoms with van der Waals surface area (Å²) in [5.41, 5.74) is 38.6. The van der Waals surface area contributed by atoms with Crippen molar-refractivity contribution in [3.63, 3.8) is 0 Å². The zero-order chi connectivity index (χ0) is 67.4. The predicted octanol–water partition coefficient (Wildman–Crippen LogP) is 26.7. The summed E-state index contributed by atoms with van der Waals surface area (Å²) in [5, 5.41) is 10.4. The van der Waals surface area contributed by atoms with Crippen LogP contribution in [0.2, 0.25) is 0 Å². The molecule has 0 aliphatic heterocycles. The van der Waals surface area contributed by atoms with Gasteiger partial charge in [-0.25, -0.2) is 4.98 Å². The van der Waals surface area contributed by atoms with Crippen LogP contribution in [0.4, 0.5) is 0 Å². The van der Waals surface area contributed by atoms with Crippen molar-refractivity contribution in [2.45, 2.75) is 45.4 Å². The van der Waals surface area contributed by atoms with Gasteiger partial charge in [-0.05, 0) is 196 Å². The summed E-state index contributed by atoms with van der Waals surface area (Å²) in [5.74, 6) is 0. The molecule has 2 aromatic heterocycles. The molecule has 0 bridgehead atoms. The van der Waals surface area contributed by atoms with Gasteiger partial charge in [0.05, 0.1) is 17.1 Å². The monoisotopic (exact) mass is 1280 g/mol. The van der Waals surface area contributed by atoms with Crippen molar-refractivity contribution in [3.05, 3.63) is 349 Å². The topological polar surface area (TPSA) is 25.8 Å². The van der Waals surface area contributed by atoms with Gasteiger partial charge >= 0.3 is 0 Å². The summed E-state index contributed by atoms with van der Waals surface area (Å²) in [6.07, 6.45) is 0. The fourth-order valence-electron chi connectivity index (χ4n) is 18.5. The molecule has 0 spiro atoms. The largest absolute Gasteiger partial charge is 0.253 e. The lowest BCUT2D eigenvalue weighted by Gasteiger charge is -2.25. The van der Waals surface area contributed by atoms with Crippen molar-refractivity contribution in [1.82, 2.24) is 9.97 Å². The smallest absolute Gasteiger partial charge is 0.0759 e. The van der Waals surface area contributed by atoms with Gasteiger partial charge in [-0.15, -0.1) is 0 Å². The number of fused-ring (bicyclic) bond motifs is 14. The molecular formula is C99H68N2. The molecule has 0 saturated carbocycles. The van der Waals surface area contributed by atoms with Gasteiger partial charge in [-0.3, -0.25) is 4.98 Å². The minimum atomic E-state index is -0.214. The number of rotatable bonds is 7. The van der Waals surface area contributed by atoms with Crippen molar-refractivity contribution in [1.29, 1.82) is 0 Å². The first-order valence-corrected chi connectivity index (χ1v) is 35.5. The Morgan fingerprint density at radius 2 is 0.505 bits per heavy atom. The van der Waals surface area contributed by atoms with Gasteiger partial charge in [0.25, 0.3) is 0 Å². The fourth-order valence-corrected chi connectivity index (χ4v) is 18.5. The van der Waals surface area contributed by atoms with E-state index < -0.39 is 0 Å². The maximum Gasteiger partial charge on any atom is 0.0759 e. The highest BCUT2D eigenvalue weighted by Crippen LogP contribution is 2.63. The lowest BCUT2D eigenvalue weighted by Crippen LogP contribution is -2.16. The van der Waals surface area contributed by atoms with E-state index in [2.05, 4.69) is 356 Å². The van der Waals surface area contributed by atoms with Gasteiger partial charge in [0.1, 0.15) is 0 Å². The first-order valence-electron chi connectivity index (χ1n) is 35.5. The maximum atomic E-state index is 5.43. The summed E-state index contributed by atoms with van der Waals surface area (Å²) < 4.78 is 0. The van der Waals surface area contributed by atoms with Crippen LogP contribution in [0.1, 0.15) is 55.6 Å². The van der Waals surface area contributed by atoms with Crippen LogP contribution in [0.15, 0.2) is 322 Å². The minimum absolute atomic E-state index is 0.160. The molecule has 101 heavy (non-hydrogen) atoms. The lowest BCUT2D eigenvalue weighted by atomic mass is 9.78. The number of hydrogen-bond acceptors (Lipinski definition) is 2. The molecule has 0 unspecified atom stereocenters. The van der Waals surface area contributed by atoms with E-state index in [1.54, 1.807) is 0 Å². The Morgan fingerprint density at radius 1 is 0.218 bits per heavy atom. The Hall–Kier alpha value is -12.4. The Kier molecular flexibility index (Phi) is 13.0. The van der Waals surface area contributed by atoms with Crippen LogP contribution < -0.4 is 0 Å². The molecule has 2 nitrogen and oxygen atoms in total. The van der Waals surface area contributed by atoms with Crippen molar-refractivity contribution in [2.75, 3.05) is 0 Å². The van der Waals surface area contributed by atoms with Crippen LogP contribution in [-0.4, -0.2) is 9.97 Å². The third kappa shape index (κ3) is 8.58. The molecule has 0 radical (unpaired) electrons. The number of aromatic nitrogens is 2. The normalized spacial score (nSPS) is 13.4. The van der Waals surface area contributed by atoms with Gasteiger partial charge in [0, 0.05) is 33.2 Å². The van der Waals surface area contributed by atoms with Crippen LogP contribution in [0, 0.1) is 6.92 Å². The molecule has 0 saturated heterocycles. The summed E-state index contributed by atoms with van der Waals surface area (Å²) in [6, 6.07) is 118. The van der Waals surface area contributed by atoms with Gasteiger partial charge < -0.3 is 0 Å². The molecule has 474 valence electrons. The Labute approximate surface area is 589 Å². The quantitative estimate of drug-likeness (QED) is 0.159. The van der Waals surface area contributed by atoms with Crippen LogP contribution in [0.5, 0.6) is 0 Å². The number of aryl methyl sites for hydroxylation is 1. The molecule has 2 heterocycles. The van der Waals surface area contributed by atoms with E-state index in [1.807, 2.05) is 0 Å². The molecule has 0 fully saturated rings. The Balaban J connectivity index is 0.000000136. The summed E-state index contributed by atoms with van der Waals surface area (Å²) >= 11 is 0. The first kappa shape index (κ1) is 58.8. The van der Waals surface area contributed by atoms with Crippen molar-refractivity contribution >= 4 is 43.1 Å². The molecule has 4 aliphatic carbocycles. The molecule has 0 amide bonds. The summed E-state index contributed by atoms with van der Waals surface area (Å²) in [7, 11) is 0. The van der Waals surface area contributed by atoms with Crippen molar-refractivity contribution in [3.8, 4) is 145 Å². The lowest BCUT2D eigenvalue weighted by molar-refractivity contribution is 0.660.